The molecule has 2 rings (SSSR count). The smallest absolute Gasteiger partial charge is 0.339 e. The summed E-state index contributed by atoms with van der Waals surface area (Å²) in [5.74, 6) is -1.02. The van der Waals surface area contributed by atoms with Crippen LogP contribution in [0.15, 0.2) is 35.0 Å². The first-order chi connectivity index (χ1) is 11.4. The van der Waals surface area contributed by atoms with E-state index in [2.05, 4.69) is 5.32 Å². The Labute approximate surface area is 141 Å². The average molecular weight is 350 g/mol. The molecule has 1 heterocycles. The highest BCUT2D eigenvalue weighted by Gasteiger charge is 2.23. The van der Waals surface area contributed by atoms with E-state index in [4.69, 9.17) is 9.47 Å². The highest BCUT2D eigenvalue weighted by atomic mass is 32.1. The molecule has 1 unspecified atom stereocenters. The van der Waals surface area contributed by atoms with Gasteiger partial charge >= 0.3 is 5.97 Å². The number of esters is 1. The van der Waals surface area contributed by atoms with Gasteiger partial charge in [0.15, 0.2) is 6.10 Å². The summed E-state index contributed by atoms with van der Waals surface area (Å²) in [5, 5.41) is 16.8. The molecule has 9 heteroatoms. The Morgan fingerprint density at radius 2 is 2.08 bits per heavy atom. The number of rotatable bonds is 6. The lowest BCUT2D eigenvalue weighted by atomic mass is 10.2. The van der Waals surface area contributed by atoms with Crippen molar-refractivity contribution >= 4 is 34.6 Å². The number of nitrogens with zero attached hydrogens (tertiary/aromatic N) is 1. The lowest BCUT2D eigenvalue weighted by Crippen LogP contribution is -2.30. The van der Waals surface area contributed by atoms with Gasteiger partial charge in [0, 0.05) is 5.38 Å². The van der Waals surface area contributed by atoms with E-state index in [0.29, 0.717) is 5.56 Å². The number of hydrogen-bond donors (Lipinski definition) is 1. The van der Waals surface area contributed by atoms with Gasteiger partial charge in [0.25, 0.3) is 11.6 Å². The lowest BCUT2D eigenvalue weighted by Gasteiger charge is -2.13. The van der Waals surface area contributed by atoms with E-state index >= 15 is 0 Å². The molecule has 0 aliphatic heterocycles. The number of amides is 1. The maximum absolute atomic E-state index is 12.1. The highest BCUT2D eigenvalue weighted by Crippen LogP contribution is 2.29. The highest BCUT2D eigenvalue weighted by molar-refractivity contribution is 7.08. The first-order valence-corrected chi connectivity index (χ1v) is 7.73. The zero-order valence-corrected chi connectivity index (χ0v) is 13.7. The molecule has 8 nitrogen and oxygen atoms in total. The van der Waals surface area contributed by atoms with Gasteiger partial charge in [-0.1, -0.05) is 0 Å². The molecule has 0 saturated heterocycles. The van der Waals surface area contributed by atoms with Gasteiger partial charge in [-0.2, -0.15) is 11.3 Å². The minimum atomic E-state index is -1.11. The lowest BCUT2D eigenvalue weighted by molar-refractivity contribution is -0.384. The van der Waals surface area contributed by atoms with Crippen LogP contribution >= 0.6 is 11.3 Å². The van der Waals surface area contributed by atoms with Crippen LogP contribution < -0.4 is 10.1 Å². The van der Waals surface area contributed by atoms with Crippen molar-refractivity contribution in [3.63, 3.8) is 0 Å². The molecule has 1 aromatic heterocycles. The molecule has 126 valence electrons. The number of thiophene rings is 1. The van der Waals surface area contributed by atoms with Crippen LogP contribution in [0, 0.1) is 10.1 Å². The predicted octanol–water partition coefficient (Wildman–Crippen LogP) is 2.85. The number of nitro groups is 1. The van der Waals surface area contributed by atoms with E-state index in [1.54, 1.807) is 16.8 Å². The van der Waals surface area contributed by atoms with Crippen LogP contribution in [0.2, 0.25) is 0 Å². The summed E-state index contributed by atoms with van der Waals surface area (Å²) in [6.07, 6.45) is -1.11. The van der Waals surface area contributed by atoms with Crippen molar-refractivity contribution in [2.75, 3.05) is 12.4 Å². The molecule has 0 saturated carbocycles. The SMILES string of the molecule is COc1ccc(NC(=O)C(C)OC(=O)c2ccsc2)c([N+](=O)[O-])c1. The third-order valence-electron chi connectivity index (χ3n) is 3.07. The molecule has 0 aliphatic carbocycles. The molecule has 1 amide bonds. The molecule has 0 bridgehead atoms. The number of nitrogens with one attached hydrogen (secondary N) is 1. The Morgan fingerprint density at radius 3 is 2.67 bits per heavy atom. The van der Waals surface area contributed by atoms with Gasteiger partial charge in [-0.05, 0) is 30.5 Å². The number of ether oxygens (including phenoxy) is 2. The topological polar surface area (TPSA) is 108 Å². The number of carbonyl (C=O) groups is 2. The van der Waals surface area contributed by atoms with Crippen LogP contribution in [0.5, 0.6) is 5.75 Å². The number of carbonyl (C=O) groups excluding carboxylic acids is 2. The minimum Gasteiger partial charge on any atom is -0.496 e. The number of anilines is 1. The standard InChI is InChI=1S/C15H14N2O6S/c1-9(23-15(19)10-5-6-24-8-10)14(18)16-12-4-3-11(22-2)7-13(12)17(20)21/h3-9H,1-2H3,(H,16,18). The van der Waals surface area contributed by atoms with Crippen molar-refractivity contribution in [1.29, 1.82) is 0 Å². The largest absolute Gasteiger partial charge is 0.496 e. The van der Waals surface area contributed by atoms with Crippen LogP contribution in [-0.4, -0.2) is 30.0 Å². The Kier molecular flexibility index (Phi) is 5.48. The fraction of sp³-hybridized carbons (Fsp3) is 0.200. The monoisotopic (exact) mass is 350 g/mol. The van der Waals surface area contributed by atoms with Crippen molar-refractivity contribution in [3.05, 3.63) is 50.7 Å². The molecule has 1 aromatic carbocycles. The maximum atomic E-state index is 12.1. The molecule has 24 heavy (non-hydrogen) atoms. The van der Waals surface area contributed by atoms with Gasteiger partial charge in [-0.3, -0.25) is 14.9 Å². The van der Waals surface area contributed by atoms with E-state index in [-0.39, 0.29) is 17.1 Å². The fourth-order valence-electron chi connectivity index (χ4n) is 1.79. The van der Waals surface area contributed by atoms with Crippen molar-refractivity contribution in [2.45, 2.75) is 13.0 Å². The normalized spacial score (nSPS) is 11.4. The summed E-state index contributed by atoms with van der Waals surface area (Å²) in [6, 6.07) is 5.59. The number of hydrogen-bond acceptors (Lipinski definition) is 7. The fourth-order valence-corrected chi connectivity index (χ4v) is 2.42. The first kappa shape index (κ1) is 17.4. The Morgan fingerprint density at radius 1 is 1.33 bits per heavy atom. The Hall–Kier alpha value is -2.94. The van der Waals surface area contributed by atoms with Gasteiger partial charge in [-0.25, -0.2) is 4.79 Å². The Balaban J connectivity index is 2.08. The third-order valence-corrected chi connectivity index (χ3v) is 3.75. The van der Waals surface area contributed by atoms with Crippen molar-refractivity contribution in [1.82, 2.24) is 0 Å². The molecule has 1 N–H and O–H groups in total. The molecular formula is C15H14N2O6S. The Bertz CT molecular complexity index is 759. The predicted molar refractivity (Wildman–Crippen MR) is 87.5 cm³/mol. The van der Waals surface area contributed by atoms with E-state index < -0.39 is 22.9 Å². The van der Waals surface area contributed by atoms with Crippen molar-refractivity contribution in [3.8, 4) is 5.75 Å². The van der Waals surface area contributed by atoms with Crippen molar-refractivity contribution < 1.29 is 24.0 Å². The summed E-state index contributed by atoms with van der Waals surface area (Å²) < 4.78 is 9.96. The summed E-state index contributed by atoms with van der Waals surface area (Å²) in [5.41, 5.74) is 0.0124. The number of benzene rings is 1. The average Bonchev–Trinajstić information content (AvgIpc) is 3.09. The minimum absolute atomic E-state index is 0.00997. The second-order valence-corrected chi connectivity index (χ2v) is 5.47. The first-order valence-electron chi connectivity index (χ1n) is 6.79. The van der Waals surface area contributed by atoms with Crippen LogP contribution in [0.1, 0.15) is 17.3 Å². The van der Waals surface area contributed by atoms with Gasteiger partial charge < -0.3 is 14.8 Å². The second kappa shape index (κ2) is 7.55. The maximum Gasteiger partial charge on any atom is 0.339 e. The van der Waals surface area contributed by atoms with E-state index in [0.717, 1.165) is 0 Å². The van der Waals surface area contributed by atoms with Gasteiger partial charge in [0.2, 0.25) is 0 Å². The summed E-state index contributed by atoms with van der Waals surface area (Å²) in [4.78, 5) is 34.4. The van der Waals surface area contributed by atoms with Crippen molar-refractivity contribution in [2.24, 2.45) is 0 Å². The molecule has 0 aliphatic rings. The van der Waals surface area contributed by atoms with Crippen LogP contribution in [0.25, 0.3) is 0 Å². The molecule has 1 atom stereocenters. The van der Waals surface area contributed by atoms with Crippen LogP contribution in [0.4, 0.5) is 11.4 Å². The summed E-state index contributed by atoms with van der Waals surface area (Å²) in [6.45, 7) is 1.38. The summed E-state index contributed by atoms with van der Waals surface area (Å²) >= 11 is 1.33. The van der Waals surface area contributed by atoms with E-state index in [1.165, 1.54) is 43.6 Å². The molecular weight excluding hydrogens is 336 g/mol. The third kappa shape index (κ3) is 4.07. The van der Waals surface area contributed by atoms with Gasteiger partial charge in [0.05, 0.1) is 23.7 Å². The molecule has 0 radical (unpaired) electrons. The molecule has 0 fully saturated rings. The zero-order valence-electron chi connectivity index (χ0n) is 12.8. The van der Waals surface area contributed by atoms with Crippen LogP contribution in [-0.2, 0) is 9.53 Å². The van der Waals surface area contributed by atoms with Gasteiger partial charge in [0.1, 0.15) is 11.4 Å². The summed E-state index contributed by atoms with van der Waals surface area (Å²) in [7, 11) is 1.38. The van der Waals surface area contributed by atoms with Gasteiger partial charge in [-0.15, -0.1) is 0 Å². The van der Waals surface area contributed by atoms with E-state index in [1.807, 2.05) is 0 Å². The molecule has 0 spiro atoms. The van der Waals surface area contributed by atoms with Crippen LogP contribution in [0.3, 0.4) is 0 Å². The zero-order chi connectivity index (χ0) is 17.7. The number of nitro benzene ring substituents is 1. The second-order valence-electron chi connectivity index (χ2n) is 4.69. The quantitative estimate of drug-likeness (QED) is 0.487. The van der Waals surface area contributed by atoms with E-state index in [9.17, 15) is 19.7 Å². The number of methoxy groups -OCH3 is 1. The molecule has 2 aromatic rings.